The van der Waals surface area contributed by atoms with E-state index in [0.717, 1.165) is 4.31 Å². The van der Waals surface area contributed by atoms with E-state index in [2.05, 4.69) is 19.7 Å². The first-order valence-corrected chi connectivity index (χ1v) is 17.4. The van der Waals surface area contributed by atoms with Crippen LogP contribution in [0.4, 0.5) is 26.9 Å². The van der Waals surface area contributed by atoms with Crippen LogP contribution >= 0.6 is 23.2 Å². The van der Waals surface area contributed by atoms with Crippen LogP contribution in [0.5, 0.6) is 0 Å². The van der Waals surface area contributed by atoms with Crippen molar-refractivity contribution < 1.29 is 27.5 Å². The molecule has 0 radical (unpaired) electrons. The number of fused-ring (bicyclic) bond motifs is 1. The first-order chi connectivity index (χ1) is 21.5. The first kappa shape index (κ1) is 36.5. The molecule has 258 valence electrons. The van der Waals surface area contributed by atoms with Crippen molar-refractivity contribution in [2.75, 3.05) is 22.7 Å². The van der Waals surface area contributed by atoms with Gasteiger partial charge < -0.3 is 19.3 Å². The fourth-order valence-electron chi connectivity index (χ4n) is 5.34. The molecule has 1 saturated heterocycles. The van der Waals surface area contributed by atoms with Crippen LogP contribution in [-0.2, 0) is 19.7 Å². The van der Waals surface area contributed by atoms with E-state index in [1.54, 1.807) is 65.5 Å². The van der Waals surface area contributed by atoms with E-state index in [1.807, 2.05) is 32.6 Å². The Morgan fingerprint density at radius 3 is 2.17 bits per heavy atom. The molecule has 1 N–H and O–H groups in total. The Bertz CT molecular complexity index is 1720. The van der Waals surface area contributed by atoms with Crippen molar-refractivity contribution in [1.82, 2.24) is 19.8 Å². The van der Waals surface area contributed by atoms with Gasteiger partial charge in [-0.15, -0.1) is 4.40 Å². The molecule has 47 heavy (non-hydrogen) atoms. The number of rotatable bonds is 3. The van der Waals surface area contributed by atoms with Crippen molar-refractivity contribution in [2.45, 2.75) is 105 Å². The lowest BCUT2D eigenvalue weighted by atomic mass is 10.0. The zero-order chi connectivity index (χ0) is 35.4. The lowest BCUT2D eigenvalue weighted by Gasteiger charge is -2.46. The molecule has 2 aliphatic rings. The molecule has 0 aromatic carbocycles. The Labute approximate surface area is 286 Å². The number of aryl methyl sites for hydroxylation is 1. The van der Waals surface area contributed by atoms with Gasteiger partial charge >= 0.3 is 22.4 Å². The lowest BCUT2D eigenvalue weighted by molar-refractivity contribution is 0.000494. The standard InChI is InChI=1S/C31H43Cl2N7O6S/c1-16(2)23-24(17(3)12-22(34-23)35-28(41)45-30(6,7)8)40-26-20(13-21(32)25(33)36-26)27(37-47(40,43)44)38-14-19(5)39(15-18(38)4)29(42)46-31(9,10)11/h12-13,16,18-19H,14-15H2,1-11H3,(H,34,35,41)/t18-,19+/m0/s1. The van der Waals surface area contributed by atoms with E-state index in [0.29, 0.717) is 16.8 Å². The van der Waals surface area contributed by atoms with Crippen molar-refractivity contribution in [3.05, 3.63) is 39.1 Å². The van der Waals surface area contributed by atoms with Crippen molar-refractivity contribution in [2.24, 2.45) is 4.40 Å². The monoisotopic (exact) mass is 711 g/mol. The van der Waals surface area contributed by atoms with Crippen molar-refractivity contribution in [3.63, 3.8) is 0 Å². The lowest BCUT2D eigenvalue weighted by Crippen LogP contribution is -2.60. The Morgan fingerprint density at radius 1 is 0.979 bits per heavy atom. The number of piperazine rings is 1. The molecule has 2 aromatic heterocycles. The van der Waals surface area contributed by atoms with Crippen molar-refractivity contribution in [1.29, 1.82) is 0 Å². The van der Waals surface area contributed by atoms with E-state index in [-0.39, 0.29) is 64.4 Å². The maximum absolute atomic E-state index is 14.3. The average Bonchev–Trinajstić information content (AvgIpc) is 2.88. The van der Waals surface area contributed by atoms with Gasteiger partial charge in [-0.1, -0.05) is 37.0 Å². The predicted octanol–water partition coefficient (Wildman–Crippen LogP) is 7.04. The molecule has 4 rings (SSSR count). The number of amides is 2. The highest BCUT2D eigenvalue weighted by Gasteiger charge is 2.43. The van der Waals surface area contributed by atoms with Crippen LogP contribution in [0.2, 0.25) is 10.2 Å². The van der Waals surface area contributed by atoms with Gasteiger partial charge in [0.1, 0.15) is 22.2 Å². The fraction of sp³-hybridized carbons (Fsp3) is 0.581. The molecule has 2 amide bonds. The second kappa shape index (κ2) is 12.9. The molecule has 0 saturated carbocycles. The van der Waals surface area contributed by atoms with Crippen molar-refractivity contribution >= 4 is 68.8 Å². The maximum Gasteiger partial charge on any atom is 0.413 e. The molecule has 2 atom stereocenters. The summed E-state index contributed by atoms with van der Waals surface area (Å²) in [5.74, 6) is 0.0254. The van der Waals surface area contributed by atoms with Crippen LogP contribution < -0.4 is 9.62 Å². The van der Waals surface area contributed by atoms with Gasteiger partial charge in [0.15, 0.2) is 11.7 Å². The number of amidine groups is 1. The molecule has 0 bridgehead atoms. The summed E-state index contributed by atoms with van der Waals surface area (Å²) in [4.78, 5) is 38.0. The number of anilines is 3. The topological polar surface area (TPSA) is 147 Å². The van der Waals surface area contributed by atoms with Crippen LogP contribution in [0.3, 0.4) is 0 Å². The zero-order valence-electron chi connectivity index (χ0n) is 28.6. The van der Waals surface area contributed by atoms with Crippen LogP contribution in [0, 0.1) is 6.92 Å². The number of aromatic nitrogens is 2. The Morgan fingerprint density at radius 2 is 1.60 bits per heavy atom. The highest BCUT2D eigenvalue weighted by Crippen LogP contribution is 2.43. The summed E-state index contributed by atoms with van der Waals surface area (Å²) in [6.45, 7) is 20.3. The quantitative estimate of drug-likeness (QED) is 0.331. The van der Waals surface area contributed by atoms with E-state index in [1.165, 1.54) is 0 Å². The summed E-state index contributed by atoms with van der Waals surface area (Å²) >= 11 is 12.9. The third-order valence-corrected chi connectivity index (χ3v) is 9.15. The van der Waals surface area contributed by atoms with Gasteiger partial charge in [0, 0.05) is 25.2 Å². The molecule has 0 spiro atoms. The SMILES string of the molecule is Cc1cc(NC(=O)OC(C)(C)C)nc(C(C)C)c1N1c2nc(Cl)c(Cl)cc2C(N2C[C@@H](C)N(C(=O)OC(C)(C)C)C[C@@H]2C)=NS1(=O)=O. The fourth-order valence-corrected chi connectivity index (χ4v) is 6.96. The molecule has 2 aliphatic heterocycles. The Balaban J connectivity index is 1.82. The first-order valence-electron chi connectivity index (χ1n) is 15.3. The van der Waals surface area contributed by atoms with Crippen LogP contribution in [0.15, 0.2) is 16.5 Å². The van der Waals surface area contributed by atoms with Gasteiger partial charge in [0.25, 0.3) is 0 Å². The summed E-state index contributed by atoms with van der Waals surface area (Å²) in [7, 11) is -4.49. The van der Waals surface area contributed by atoms with Crippen LogP contribution in [0.1, 0.15) is 92.0 Å². The number of nitrogens with one attached hydrogen (secondary N) is 1. The van der Waals surface area contributed by atoms with E-state index >= 15 is 0 Å². The van der Waals surface area contributed by atoms with Gasteiger partial charge in [0.2, 0.25) is 0 Å². The molecule has 4 heterocycles. The largest absolute Gasteiger partial charge is 0.444 e. The number of pyridine rings is 2. The number of hydrogen-bond acceptors (Lipinski definition) is 9. The van der Waals surface area contributed by atoms with Crippen LogP contribution in [-0.4, -0.2) is 82.6 Å². The molecule has 13 nitrogen and oxygen atoms in total. The highest BCUT2D eigenvalue weighted by atomic mass is 35.5. The van der Waals surface area contributed by atoms with E-state index in [4.69, 9.17) is 32.7 Å². The molecular formula is C31H43Cl2N7O6S. The highest BCUT2D eigenvalue weighted by molar-refractivity contribution is 7.92. The van der Waals surface area contributed by atoms with Gasteiger partial charge in [-0.2, -0.15) is 12.7 Å². The smallest absolute Gasteiger partial charge is 0.413 e. The summed E-state index contributed by atoms with van der Waals surface area (Å²) in [5.41, 5.74) is -0.00142. The number of ether oxygens (including phenoxy) is 2. The second-order valence-corrected chi connectivity index (χ2v) is 16.3. The number of hydrogen-bond donors (Lipinski definition) is 1. The van der Waals surface area contributed by atoms with E-state index in [9.17, 15) is 18.0 Å². The Kier molecular flexibility index (Phi) is 10.0. The van der Waals surface area contributed by atoms with Gasteiger partial charge in [-0.25, -0.2) is 19.6 Å². The second-order valence-electron chi connectivity index (χ2n) is 14.1. The minimum Gasteiger partial charge on any atom is -0.444 e. The summed E-state index contributed by atoms with van der Waals surface area (Å²) < 4.78 is 44.8. The number of carbonyl (C=O) groups is 2. The van der Waals surface area contributed by atoms with Gasteiger partial charge in [0.05, 0.1) is 22.0 Å². The molecule has 0 aliphatic carbocycles. The Hall–Kier alpha value is -3.36. The van der Waals surface area contributed by atoms with Crippen molar-refractivity contribution in [3.8, 4) is 0 Å². The minimum absolute atomic E-state index is 0.00141. The summed E-state index contributed by atoms with van der Waals surface area (Å²) in [6.07, 6.45) is -1.15. The molecule has 2 aromatic rings. The van der Waals surface area contributed by atoms with Gasteiger partial charge in [-0.05, 0) is 85.9 Å². The molecule has 0 unspecified atom stereocenters. The molecule has 16 heteroatoms. The number of nitrogens with zero attached hydrogens (tertiary/aromatic N) is 6. The normalized spacial score (nSPS) is 19.7. The summed E-state index contributed by atoms with van der Waals surface area (Å²) in [5, 5.41) is 2.66. The third-order valence-electron chi connectivity index (χ3n) is 7.25. The van der Waals surface area contributed by atoms with Gasteiger partial charge in [-0.3, -0.25) is 5.32 Å². The summed E-state index contributed by atoms with van der Waals surface area (Å²) in [6, 6.07) is 2.40. The average molecular weight is 713 g/mol. The number of carbonyl (C=O) groups excluding carboxylic acids is 2. The maximum atomic E-state index is 14.3. The molecular weight excluding hydrogens is 669 g/mol. The minimum atomic E-state index is -4.49. The number of halogens is 2. The zero-order valence-corrected chi connectivity index (χ0v) is 30.9. The van der Waals surface area contributed by atoms with Crippen LogP contribution in [0.25, 0.3) is 0 Å². The predicted molar refractivity (Wildman–Crippen MR) is 183 cm³/mol. The third kappa shape index (κ3) is 8.03. The van der Waals surface area contributed by atoms with E-state index < -0.39 is 33.6 Å². The molecule has 1 fully saturated rings.